The van der Waals surface area contributed by atoms with Crippen molar-refractivity contribution in [3.63, 3.8) is 0 Å². The Morgan fingerprint density at radius 1 is 1.22 bits per heavy atom. The number of alkyl halides is 2. The van der Waals surface area contributed by atoms with E-state index in [0.29, 0.717) is 22.8 Å². The van der Waals surface area contributed by atoms with Gasteiger partial charge in [0.15, 0.2) is 0 Å². The Morgan fingerprint density at radius 2 is 1.78 bits per heavy atom. The zero-order valence-corrected chi connectivity index (χ0v) is 13.8. The van der Waals surface area contributed by atoms with Gasteiger partial charge in [0.2, 0.25) is 0 Å². The van der Waals surface area contributed by atoms with Crippen molar-refractivity contribution in [3.8, 4) is 0 Å². The lowest BCUT2D eigenvalue weighted by Gasteiger charge is -2.13. The Bertz CT molecular complexity index is 386. The zero-order chi connectivity index (χ0) is 13.5. The Labute approximate surface area is 125 Å². The summed E-state index contributed by atoms with van der Waals surface area (Å²) in [5.74, 6) is -0.249. The predicted molar refractivity (Wildman–Crippen MR) is 80.5 cm³/mol. The molecule has 0 radical (unpaired) electrons. The number of hydrogen-bond acceptors (Lipinski definition) is 3. The molecule has 0 bridgehead atoms. The number of esters is 1. The lowest BCUT2D eigenvalue weighted by Crippen LogP contribution is -2.21. The van der Waals surface area contributed by atoms with Gasteiger partial charge in [0, 0.05) is 17.2 Å². The van der Waals surface area contributed by atoms with Crippen molar-refractivity contribution in [2.24, 2.45) is 0 Å². The maximum atomic E-state index is 12.1. The van der Waals surface area contributed by atoms with Gasteiger partial charge in [0.1, 0.15) is 6.61 Å². The largest absolute Gasteiger partial charge is 0.461 e. The Morgan fingerprint density at radius 3 is 2.22 bits per heavy atom. The van der Waals surface area contributed by atoms with Crippen LogP contribution in [0.3, 0.4) is 0 Å². The highest BCUT2D eigenvalue weighted by Crippen LogP contribution is 2.21. The minimum absolute atomic E-state index is 0.249. The van der Waals surface area contributed by atoms with E-state index in [1.54, 1.807) is 0 Å². The third-order valence-corrected chi connectivity index (χ3v) is 3.71. The minimum Gasteiger partial charge on any atom is -0.461 e. The summed E-state index contributed by atoms with van der Waals surface area (Å²) < 4.78 is 5.30. The van der Waals surface area contributed by atoms with E-state index in [1.807, 2.05) is 37.2 Å². The molecule has 0 saturated carbocycles. The first kappa shape index (κ1) is 15.7. The van der Waals surface area contributed by atoms with E-state index in [0.717, 1.165) is 17.7 Å². The average Bonchev–Trinajstić information content (AvgIpc) is 2.36. The first-order valence-electron chi connectivity index (χ1n) is 5.64. The molecule has 0 amide bonds. The number of benzene rings is 1. The van der Waals surface area contributed by atoms with Crippen LogP contribution >= 0.6 is 31.9 Å². The maximum absolute atomic E-state index is 12.1. The van der Waals surface area contributed by atoms with Gasteiger partial charge >= 0.3 is 5.97 Å². The number of hydrogen-bond donors (Lipinski definition) is 0. The molecule has 0 atom stereocenters. The van der Waals surface area contributed by atoms with E-state index >= 15 is 0 Å². The SMILES string of the molecule is CN(C)CCOC(=O)c1c(CBr)cccc1CBr. The van der Waals surface area contributed by atoms with Crippen LogP contribution in [-0.2, 0) is 15.4 Å². The van der Waals surface area contributed by atoms with Crippen LogP contribution < -0.4 is 0 Å². The second kappa shape index (κ2) is 7.92. The van der Waals surface area contributed by atoms with Crippen molar-refractivity contribution in [2.45, 2.75) is 10.7 Å². The fourth-order valence-corrected chi connectivity index (χ4v) is 2.47. The van der Waals surface area contributed by atoms with E-state index in [1.165, 1.54) is 0 Å². The molecule has 0 aliphatic carbocycles. The van der Waals surface area contributed by atoms with Gasteiger partial charge in [-0.1, -0.05) is 50.1 Å². The summed E-state index contributed by atoms with van der Waals surface area (Å²) in [6, 6.07) is 5.82. The molecule has 1 aromatic rings. The van der Waals surface area contributed by atoms with E-state index in [-0.39, 0.29) is 5.97 Å². The molecular formula is C13H17Br2NO2. The Balaban J connectivity index is 2.83. The van der Waals surface area contributed by atoms with Crippen molar-refractivity contribution in [2.75, 3.05) is 27.2 Å². The molecule has 0 unspecified atom stereocenters. The van der Waals surface area contributed by atoms with Gasteiger partial charge < -0.3 is 9.64 Å². The lowest BCUT2D eigenvalue weighted by molar-refractivity contribution is 0.0480. The summed E-state index contributed by atoms with van der Waals surface area (Å²) in [5, 5.41) is 1.29. The Kier molecular flexibility index (Phi) is 6.89. The molecule has 0 fully saturated rings. The van der Waals surface area contributed by atoms with E-state index in [2.05, 4.69) is 31.9 Å². The number of halogens is 2. The van der Waals surface area contributed by atoms with Gasteiger partial charge in [-0.15, -0.1) is 0 Å². The highest BCUT2D eigenvalue weighted by atomic mass is 79.9. The van der Waals surface area contributed by atoms with Crippen molar-refractivity contribution >= 4 is 37.8 Å². The quantitative estimate of drug-likeness (QED) is 0.562. The molecule has 5 heteroatoms. The third-order valence-electron chi connectivity index (χ3n) is 2.50. The molecular weight excluding hydrogens is 362 g/mol. The number of nitrogens with zero attached hydrogens (tertiary/aromatic N) is 1. The van der Waals surface area contributed by atoms with Crippen LogP contribution in [0.4, 0.5) is 0 Å². The third kappa shape index (κ3) is 4.37. The number of carbonyl (C=O) groups is 1. The molecule has 0 spiro atoms. The first-order valence-corrected chi connectivity index (χ1v) is 7.89. The summed E-state index contributed by atoms with van der Waals surface area (Å²) in [5.41, 5.74) is 2.59. The number of rotatable bonds is 6. The molecule has 0 aromatic heterocycles. The Hall–Kier alpha value is -0.390. The maximum Gasteiger partial charge on any atom is 0.338 e. The smallest absolute Gasteiger partial charge is 0.338 e. The molecule has 3 nitrogen and oxygen atoms in total. The molecule has 0 aliphatic rings. The predicted octanol–water partition coefficient (Wildman–Crippen LogP) is 3.19. The number of carbonyl (C=O) groups excluding carboxylic acids is 1. The topological polar surface area (TPSA) is 29.5 Å². The molecule has 0 saturated heterocycles. The van der Waals surface area contributed by atoms with Gasteiger partial charge in [-0.25, -0.2) is 4.79 Å². The normalized spacial score (nSPS) is 10.7. The zero-order valence-electron chi connectivity index (χ0n) is 10.6. The van der Waals surface area contributed by atoms with Gasteiger partial charge in [0.25, 0.3) is 0 Å². The molecule has 0 heterocycles. The highest BCUT2D eigenvalue weighted by molar-refractivity contribution is 9.08. The molecule has 100 valence electrons. The van der Waals surface area contributed by atoms with Crippen LogP contribution in [0.2, 0.25) is 0 Å². The van der Waals surface area contributed by atoms with Gasteiger partial charge in [-0.05, 0) is 25.2 Å². The fourth-order valence-electron chi connectivity index (χ4n) is 1.53. The molecule has 1 aromatic carbocycles. The van der Waals surface area contributed by atoms with Crippen LogP contribution in [0.25, 0.3) is 0 Å². The van der Waals surface area contributed by atoms with Crippen LogP contribution in [0.1, 0.15) is 21.5 Å². The van der Waals surface area contributed by atoms with Gasteiger partial charge in [-0.3, -0.25) is 0 Å². The van der Waals surface area contributed by atoms with Crippen LogP contribution in [-0.4, -0.2) is 38.1 Å². The van der Waals surface area contributed by atoms with Crippen molar-refractivity contribution in [1.82, 2.24) is 4.90 Å². The van der Waals surface area contributed by atoms with Crippen LogP contribution in [0, 0.1) is 0 Å². The van der Waals surface area contributed by atoms with E-state index < -0.39 is 0 Å². The monoisotopic (exact) mass is 377 g/mol. The van der Waals surface area contributed by atoms with E-state index in [4.69, 9.17) is 4.74 Å². The highest BCUT2D eigenvalue weighted by Gasteiger charge is 2.16. The fraction of sp³-hybridized carbons (Fsp3) is 0.462. The molecule has 1 rings (SSSR count). The summed E-state index contributed by atoms with van der Waals surface area (Å²) in [7, 11) is 3.90. The van der Waals surface area contributed by atoms with Crippen molar-refractivity contribution in [3.05, 3.63) is 34.9 Å². The molecule has 18 heavy (non-hydrogen) atoms. The second-order valence-electron chi connectivity index (χ2n) is 4.16. The lowest BCUT2D eigenvalue weighted by atomic mass is 10.0. The van der Waals surface area contributed by atoms with Crippen molar-refractivity contribution < 1.29 is 9.53 Å². The second-order valence-corrected chi connectivity index (χ2v) is 5.28. The van der Waals surface area contributed by atoms with Gasteiger partial charge in [0.05, 0.1) is 5.56 Å². The minimum atomic E-state index is -0.249. The van der Waals surface area contributed by atoms with Crippen LogP contribution in [0.5, 0.6) is 0 Å². The van der Waals surface area contributed by atoms with Crippen molar-refractivity contribution in [1.29, 1.82) is 0 Å². The first-order chi connectivity index (χ1) is 8.60. The average molecular weight is 379 g/mol. The van der Waals surface area contributed by atoms with Crippen LogP contribution in [0.15, 0.2) is 18.2 Å². The molecule has 0 N–H and O–H groups in total. The number of likely N-dealkylation sites (N-methyl/N-ethyl adjacent to an activating group) is 1. The number of ether oxygens (including phenoxy) is 1. The standard InChI is InChI=1S/C13H17Br2NO2/c1-16(2)6-7-18-13(17)12-10(8-14)4-3-5-11(12)9-15/h3-5H,6-9H2,1-2H3. The molecule has 0 aliphatic heterocycles. The summed E-state index contributed by atoms with van der Waals surface area (Å²) in [4.78, 5) is 14.1. The van der Waals surface area contributed by atoms with Gasteiger partial charge in [-0.2, -0.15) is 0 Å². The summed E-state index contributed by atoms with van der Waals surface area (Å²) in [6.07, 6.45) is 0. The van der Waals surface area contributed by atoms with E-state index in [9.17, 15) is 4.79 Å². The summed E-state index contributed by atoms with van der Waals surface area (Å²) in [6.45, 7) is 1.13. The summed E-state index contributed by atoms with van der Waals surface area (Å²) >= 11 is 6.80.